The molecule has 0 aliphatic carbocycles. The van der Waals surface area contributed by atoms with Crippen LogP contribution in [0.1, 0.15) is 26.7 Å². The summed E-state index contributed by atoms with van der Waals surface area (Å²) in [4.78, 5) is 26.4. The van der Waals surface area contributed by atoms with Crippen molar-refractivity contribution >= 4 is 17.5 Å². The lowest BCUT2D eigenvalue weighted by atomic mass is 10.1. The molecule has 1 aliphatic heterocycles. The summed E-state index contributed by atoms with van der Waals surface area (Å²) in [6, 6.07) is 8.73. The van der Waals surface area contributed by atoms with E-state index in [1.54, 1.807) is 6.92 Å². The summed E-state index contributed by atoms with van der Waals surface area (Å²) in [7, 11) is 0. The molecule has 1 aromatic rings. The van der Waals surface area contributed by atoms with Gasteiger partial charge in [-0.05, 0) is 31.9 Å². The van der Waals surface area contributed by atoms with Gasteiger partial charge in [-0.25, -0.2) is 0 Å². The summed E-state index contributed by atoms with van der Waals surface area (Å²) >= 11 is 0. The lowest BCUT2D eigenvalue weighted by Gasteiger charge is -2.27. The molecule has 2 amide bonds. The second-order valence-corrected chi connectivity index (χ2v) is 5.61. The maximum absolute atomic E-state index is 12.5. The van der Waals surface area contributed by atoms with E-state index in [9.17, 15) is 14.7 Å². The molecule has 2 rings (SSSR count). The molecule has 1 aromatic carbocycles. The van der Waals surface area contributed by atoms with Crippen molar-refractivity contribution in [1.29, 1.82) is 0 Å². The Morgan fingerprint density at radius 3 is 2.70 bits per heavy atom. The number of benzene rings is 1. The maximum atomic E-state index is 12.5. The summed E-state index contributed by atoms with van der Waals surface area (Å²) in [6.07, 6.45) is 3.09. The predicted molar refractivity (Wildman–Crippen MR) is 88.1 cm³/mol. The number of amides is 2. The number of carbonyl (C=O) groups is 2. The van der Waals surface area contributed by atoms with Gasteiger partial charge in [-0.1, -0.05) is 31.2 Å². The minimum absolute atomic E-state index is 0.224. The minimum Gasteiger partial charge on any atom is -0.396 e. The van der Waals surface area contributed by atoms with Crippen LogP contribution >= 0.6 is 0 Å². The van der Waals surface area contributed by atoms with Gasteiger partial charge in [0, 0.05) is 5.70 Å². The van der Waals surface area contributed by atoms with Crippen molar-refractivity contribution in [3.8, 4) is 0 Å². The van der Waals surface area contributed by atoms with Crippen molar-refractivity contribution in [2.45, 2.75) is 32.7 Å². The molecule has 1 unspecified atom stereocenters. The third-order valence-electron chi connectivity index (χ3n) is 3.97. The molecular formula is C17H23N3O3. The predicted octanol–water partition coefficient (Wildman–Crippen LogP) is 1.65. The number of aliphatic hydroxyl groups is 1. The molecular weight excluding hydrogens is 294 g/mol. The normalized spacial score (nSPS) is 20.4. The highest BCUT2D eigenvalue weighted by atomic mass is 16.3. The topological polar surface area (TPSA) is 81.7 Å². The zero-order chi connectivity index (χ0) is 16.8. The van der Waals surface area contributed by atoms with Crippen LogP contribution in [0.15, 0.2) is 42.1 Å². The van der Waals surface area contributed by atoms with Crippen molar-refractivity contribution in [3.05, 3.63) is 42.1 Å². The molecule has 23 heavy (non-hydrogen) atoms. The van der Waals surface area contributed by atoms with Crippen molar-refractivity contribution in [2.75, 3.05) is 12.0 Å². The molecule has 1 saturated heterocycles. The number of hydrogen-bond donors (Lipinski definition) is 3. The van der Waals surface area contributed by atoms with Crippen molar-refractivity contribution < 1.29 is 14.7 Å². The molecule has 3 N–H and O–H groups in total. The third-order valence-corrected chi connectivity index (χ3v) is 3.97. The number of nitrogens with one attached hydrogen (secondary N) is 2. The van der Waals surface area contributed by atoms with Gasteiger partial charge in [-0.15, -0.1) is 0 Å². The molecule has 1 aliphatic rings. The molecule has 6 nitrogen and oxygen atoms in total. The number of allylic oxidation sites excluding steroid dienone is 2. The van der Waals surface area contributed by atoms with E-state index in [0.29, 0.717) is 12.8 Å². The molecule has 0 bridgehead atoms. The zero-order valence-electron chi connectivity index (χ0n) is 13.5. The molecule has 2 atom stereocenters. The quantitative estimate of drug-likeness (QED) is 0.721. The van der Waals surface area contributed by atoms with E-state index >= 15 is 0 Å². The number of carbonyl (C=O) groups excluding carboxylic acids is 2. The number of anilines is 1. The van der Waals surface area contributed by atoms with Gasteiger partial charge in [0.1, 0.15) is 6.04 Å². The van der Waals surface area contributed by atoms with Crippen LogP contribution in [0, 0.1) is 5.92 Å². The van der Waals surface area contributed by atoms with Crippen LogP contribution in [-0.4, -0.2) is 34.5 Å². The number of rotatable bonds is 5. The molecule has 1 fully saturated rings. The molecule has 0 aromatic heterocycles. The van der Waals surface area contributed by atoms with Crippen molar-refractivity contribution in [3.63, 3.8) is 0 Å². The van der Waals surface area contributed by atoms with Gasteiger partial charge < -0.3 is 10.0 Å². The molecule has 6 heteroatoms. The van der Waals surface area contributed by atoms with Gasteiger partial charge in [0.25, 0.3) is 5.91 Å². The first-order chi connectivity index (χ1) is 11.1. The Labute approximate surface area is 136 Å². The number of hydrazine groups is 1. The molecule has 0 spiro atoms. The second-order valence-electron chi connectivity index (χ2n) is 5.61. The van der Waals surface area contributed by atoms with E-state index in [4.69, 9.17) is 0 Å². The fourth-order valence-electron chi connectivity index (χ4n) is 2.62. The monoisotopic (exact) mass is 317 g/mol. The summed E-state index contributed by atoms with van der Waals surface area (Å²) in [5.41, 5.74) is 7.10. The Hall–Kier alpha value is -2.34. The van der Waals surface area contributed by atoms with Crippen LogP contribution in [0.3, 0.4) is 0 Å². The Morgan fingerprint density at radius 2 is 2.09 bits per heavy atom. The first-order valence-corrected chi connectivity index (χ1v) is 7.78. The van der Waals surface area contributed by atoms with Crippen molar-refractivity contribution in [1.82, 2.24) is 10.3 Å². The summed E-state index contributed by atoms with van der Waals surface area (Å²) in [5.74, 6) is -1.01. The first kappa shape index (κ1) is 17.0. The smallest absolute Gasteiger partial charge is 0.261 e. The Balaban J connectivity index is 2.07. The van der Waals surface area contributed by atoms with Crippen LogP contribution in [0.2, 0.25) is 0 Å². The lowest BCUT2D eigenvalue weighted by Crippen LogP contribution is -2.48. The van der Waals surface area contributed by atoms with Crippen LogP contribution in [0.4, 0.5) is 5.69 Å². The third kappa shape index (κ3) is 3.90. The fourth-order valence-corrected chi connectivity index (χ4v) is 2.62. The maximum Gasteiger partial charge on any atom is 0.261 e. The highest BCUT2D eigenvalue weighted by molar-refractivity contribution is 5.91. The summed E-state index contributed by atoms with van der Waals surface area (Å²) in [5, 5.41) is 9.22. The van der Waals surface area contributed by atoms with Crippen LogP contribution < -0.4 is 10.9 Å². The van der Waals surface area contributed by atoms with Crippen LogP contribution in [0.25, 0.3) is 0 Å². The largest absolute Gasteiger partial charge is 0.396 e. The fraction of sp³-hybridized carbons (Fsp3) is 0.412. The average Bonchev–Trinajstić information content (AvgIpc) is 3.03. The number of nitrogens with zero attached hydrogens (tertiary/aromatic N) is 1. The first-order valence-electron chi connectivity index (χ1n) is 7.78. The van der Waals surface area contributed by atoms with Crippen LogP contribution in [-0.2, 0) is 9.59 Å². The average molecular weight is 317 g/mol. The molecule has 0 saturated carbocycles. The van der Waals surface area contributed by atoms with E-state index in [1.165, 1.54) is 4.90 Å². The molecule has 0 radical (unpaired) electrons. The molecule has 1 heterocycles. The number of para-hydroxylation sites is 1. The van der Waals surface area contributed by atoms with Gasteiger partial charge in [-0.3, -0.25) is 20.4 Å². The Morgan fingerprint density at radius 1 is 1.39 bits per heavy atom. The van der Waals surface area contributed by atoms with E-state index in [1.807, 2.05) is 43.3 Å². The zero-order valence-corrected chi connectivity index (χ0v) is 13.5. The number of likely N-dealkylation sites (tertiary alicyclic amines) is 1. The highest BCUT2D eigenvalue weighted by Gasteiger charge is 2.38. The minimum atomic E-state index is -0.557. The Kier molecular flexibility index (Phi) is 5.76. The van der Waals surface area contributed by atoms with Gasteiger partial charge in [0.05, 0.1) is 18.2 Å². The van der Waals surface area contributed by atoms with E-state index in [0.717, 1.165) is 11.4 Å². The van der Waals surface area contributed by atoms with Crippen molar-refractivity contribution in [2.24, 2.45) is 5.92 Å². The molecule has 124 valence electrons. The van der Waals surface area contributed by atoms with Gasteiger partial charge in [-0.2, -0.15) is 0 Å². The van der Waals surface area contributed by atoms with Crippen LogP contribution in [0.5, 0.6) is 0 Å². The SMILES string of the molecule is C/C=C1\CC[C@@H](C(=O)NNc2ccccc2)N1C(=O)C(C)CO. The van der Waals surface area contributed by atoms with E-state index in [2.05, 4.69) is 10.9 Å². The number of aliphatic hydroxyl groups excluding tert-OH is 1. The van der Waals surface area contributed by atoms with Gasteiger partial charge in [0.2, 0.25) is 5.91 Å². The second kappa shape index (κ2) is 7.78. The van der Waals surface area contributed by atoms with E-state index in [-0.39, 0.29) is 18.4 Å². The lowest BCUT2D eigenvalue weighted by molar-refractivity contribution is -0.140. The van der Waals surface area contributed by atoms with Gasteiger partial charge in [0.15, 0.2) is 0 Å². The standard InChI is InChI=1S/C17H23N3O3/c1-3-14-9-10-15(20(14)17(23)12(2)11-21)16(22)19-18-13-7-5-4-6-8-13/h3-8,12,15,18,21H,9-11H2,1-2H3,(H,19,22)/b14-3+/t12?,15-/m0/s1. The van der Waals surface area contributed by atoms with E-state index < -0.39 is 12.0 Å². The van der Waals surface area contributed by atoms with Gasteiger partial charge >= 0.3 is 0 Å². The summed E-state index contributed by atoms with van der Waals surface area (Å²) < 4.78 is 0. The number of hydrogen-bond acceptors (Lipinski definition) is 4. The summed E-state index contributed by atoms with van der Waals surface area (Å²) in [6.45, 7) is 3.27. The highest BCUT2D eigenvalue weighted by Crippen LogP contribution is 2.29. The Bertz CT molecular complexity index is 586.